The molecule has 6 nitrogen and oxygen atoms in total. The van der Waals surface area contributed by atoms with E-state index in [2.05, 4.69) is 50.4 Å². The molecule has 166 valence electrons. The number of amides is 2. The van der Waals surface area contributed by atoms with Crippen LogP contribution >= 0.6 is 50.7 Å². The summed E-state index contributed by atoms with van der Waals surface area (Å²) < 4.78 is 13.6. The van der Waals surface area contributed by atoms with Crippen LogP contribution in [0.3, 0.4) is 0 Å². The second-order valence-corrected chi connectivity index (χ2v) is 9.16. The normalized spacial score (nSPS) is 15.0. The molecule has 0 atom stereocenters. The van der Waals surface area contributed by atoms with Crippen LogP contribution in [0.5, 0.6) is 11.5 Å². The molecule has 9 heteroatoms. The zero-order chi connectivity index (χ0) is 23.3. The fraction of sp³-hybridized carbons (Fsp3) is 0.174. The van der Waals surface area contributed by atoms with Crippen LogP contribution in [0.15, 0.2) is 59.1 Å². The van der Waals surface area contributed by atoms with E-state index in [0.29, 0.717) is 30.3 Å². The number of carbonyl (C=O) groups excluding carboxylic acids is 2. The number of hydrogen-bond donors (Lipinski definition) is 1. The molecule has 1 fully saturated rings. The van der Waals surface area contributed by atoms with Gasteiger partial charge in [-0.3, -0.25) is 19.8 Å². The Hall–Kier alpha value is -2.24. The van der Waals surface area contributed by atoms with Gasteiger partial charge in [0.15, 0.2) is 16.6 Å². The first-order valence-electron chi connectivity index (χ1n) is 9.67. The molecule has 1 heterocycles. The first kappa shape index (κ1) is 24.4. The van der Waals surface area contributed by atoms with Crippen molar-refractivity contribution < 1.29 is 19.1 Å². The highest BCUT2D eigenvalue weighted by atomic mass is 127. The van der Waals surface area contributed by atoms with E-state index >= 15 is 0 Å². The van der Waals surface area contributed by atoms with Crippen molar-refractivity contribution in [3.8, 4) is 11.5 Å². The molecule has 1 saturated heterocycles. The summed E-state index contributed by atoms with van der Waals surface area (Å²) in [6, 6.07) is 11.4. The minimum Gasteiger partial charge on any atom is -0.490 e. The Labute approximate surface area is 213 Å². The first-order chi connectivity index (χ1) is 15.3. The average Bonchev–Trinajstić information content (AvgIpc) is 2.75. The maximum atomic E-state index is 12.8. The van der Waals surface area contributed by atoms with Crippen molar-refractivity contribution in [1.82, 2.24) is 10.2 Å². The molecule has 0 unspecified atom stereocenters. The molecular weight excluding hydrogens is 607 g/mol. The number of carbonyl (C=O) groups is 2. The molecule has 2 aromatic carbocycles. The Balaban J connectivity index is 1.91. The summed E-state index contributed by atoms with van der Waals surface area (Å²) in [4.78, 5) is 26.5. The number of hydrogen-bond acceptors (Lipinski definition) is 5. The van der Waals surface area contributed by atoms with Gasteiger partial charge in [-0.15, -0.1) is 6.58 Å². The average molecular weight is 627 g/mol. The number of nitrogens with one attached hydrogen (secondary N) is 1. The number of ether oxygens (including phenoxy) is 2. The molecule has 0 spiro atoms. The van der Waals surface area contributed by atoms with Crippen LogP contribution in [0.4, 0.5) is 0 Å². The van der Waals surface area contributed by atoms with Crippen LogP contribution in [-0.2, 0) is 16.2 Å². The van der Waals surface area contributed by atoms with E-state index in [0.717, 1.165) is 13.6 Å². The third-order valence-electron chi connectivity index (χ3n) is 4.44. The van der Waals surface area contributed by atoms with Crippen molar-refractivity contribution in [3.05, 3.63) is 73.8 Å². The van der Waals surface area contributed by atoms with E-state index in [1.165, 1.54) is 11.0 Å². The molecule has 0 saturated carbocycles. The largest absolute Gasteiger partial charge is 0.490 e. The molecule has 0 bridgehead atoms. The van der Waals surface area contributed by atoms with Crippen molar-refractivity contribution in [1.29, 1.82) is 0 Å². The van der Waals surface area contributed by atoms with Crippen LogP contribution in [0.1, 0.15) is 18.1 Å². The standard InChI is InChI=1S/C23H20BrIN2O4S/c1-3-9-27-22(29)17(21(28)26-23(27)32)10-15-11-18(25)20(19(12-15)30-4-2)31-13-14-5-7-16(24)8-6-14/h3,5-8,10-12H,1,4,9,13H2,2H3,(H,26,28,32)/b17-10+. The molecule has 0 aliphatic carbocycles. The zero-order valence-corrected chi connectivity index (χ0v) is 21.8. The summed E-state index contributed by atoms with van der Waals surface area (Å²) in [7, 11) is 0. The summed E-state index contributed by atoms with van der Waals surface area (Å²) in [6.45, 7) is 6.52. The van der Waals surface area contributed by atoms with Crippen molar-refractivity contribution >= 4 is 73.7 Å². The molecule has 32 heavy (non-hydrogen) atoms. The van der Waals surface area contributed by atoms with Gasteiger partial charge in [0.2, 0.25) is 0 Å². The van der Waals surface area contributed by atoms with E-state index in [4.69, 9.17) is 21.7 Å². The molecule has 3 rings (SSSR count). The van der Waals surface area contributed by atoms with Crippen molar-refractivity contribution in [2.24, 2.45) is 0 Å². The quantitative estimate of drug-likeness (QED) is 0.149. The fourth-order valence-electron chi connectivity index (χ4n) is 2.97. The Morgan fingerprint density at radius 3 is 2.59 bits per heavy atom. The van der Waals surface area contributed by atoms with Gasteiger partial charge in [-0.1, -0.05) is 34.1 Å². The first-order valence-corrected chi connectivity index (χ1v) is 11.9. The van der Waals surface area contributed by atoms with Crippen LogP contribution in [-0.4, -0.2) is 35.0 Å². The molecular formula is C23H20BrIN2O4S. The van der Waals surface area contributed by atoms with Crippen LogP contribution in [0, 0.1) is 3.57 Å². The lowest BCUT2D eigenvalue weighted by atomic mass is 10.1. The SMILES string of the molecule is C=CCN1C(=O)/C(=C/c2cc(I)c(OCc3ccc(Br)cc3)c(OCC)c2)C(=O)NC1=S. The van der Waals surface area contributed by atoms with Crippen LogP contribution in [0.25, 0.3) is 6.08 Å². The van der Waals surface area contributed by atoms with Crippen molar-refractivity contribution in [2.75, 3.05) is 13.2 Å². The summed E-state index contributed by atoms with van der Waals surface area (Å²) >= 11 is 10.7. The van der Waals surface area contributed by atoms with Gasteiger partial charge in [-0.25, -0.2) is 0 Å². The van der Waals surface area contributed by atoms with Gasteiger partial charge in [0, 0.05) is 11.0 Å². The van der Waals surface area contributed by atoms with Gasteiger partial charge in [0.05, 0.1) is 10.2 Å². The molecule has 2 amide bonds. The second-order valence-electron chi connectivity index (χ2n) is 6.70. The minimum atomic E-state index is -0.538. The van der Waals surface area contributed by atoms with Crippen LogP contribution < -0.4 is 14.8 Å². The predicted octanol–water partition coefficient (Wildman–Crippen LogP) is 4.84. The Morgan fingerprint density at radius 2 is 1.94 bits per heavy atom. The monoisotopic (exact) mass is 626 g/mol. The third kappa shape index (κ3) is 5.76. The summed E-state index contributed by atoms with van der Waals surface area (Å²) in [5, 5.41) is 2.61. The minimum absolute atomic E-state index is 0.0118. The number of nitrogens with zero attached hydrogens (tertiary/aromatic N) is 1. The highest BCUT2D eigenvalue weighted by Crippen LogP contribution is 2.36. The maximum absolute atomic E-state index is 12.8. The fourth-order valence-corrected chi connectivity index (χ4v) is 4.26. The number of benzene rings is 2. The van der Waals surface area contributed by atoms with E-state index in [1.807, 2.05) is 37.3 Å². The summed E-state index contributed by atoms with van der Waals surface area (Å²) in [5.74, 6) is 0.128. The zero-order valence-electron chi connectivity index (χ0n) is 17.2. The van der Waals surface area contributed by atoms with Gasteiger partial charge in [-0.05, 0) is 83.2 Å². The highest BCUT2D eigenvalue weighted by molar-refractivity contribution is 14.1. The lowest BCUT2D eigenvalue weighted by Gasteiger charge is -2.27. The van der Waals surface area contributed by atoms with Crippen molar-refractivity contribution in [2.45, 2.75) is 13.5 Å². The predicted molar refractivity (Wildman–Crippen MR) is 139 cm³/mol. The number of thiocarbonyl (C=S) groups is 1. The van der Waals surface area contributed by atoms with Gasteiger partial charge in [0.25, 0.3) is 11.8 Å². The topological polar surface area (TPSA) is 67.9 Å². The number of halogens is 2. The molecule has 2 aromatic rings. The summed E-state index contributed by atoms with van der Waals surface area (Å²) in [5.41, 5.74) is 1.64. The molecule has 1 aliphatic rings. The Morgan fingerprint density at radius 1 is 1.22 bits per heavy atom. The van der Waals surface area contributed by atoms with Crippen molar-refractivity contribution in [3.63, 3.8) is 0 Å². The molecule has 1 N–H and O–H groups in total. The van der Waals surface area contributed by atoms with E-state index in [9.17, 15) is 9.59 Å². The smallest absolute Gasteiger partial charge is 0.265 e. The van der Waals surface area contributed by atoms with Gasteiger partial charge in [0.1, 0.15) is 12.2 Å². The van der Waals surface area contributed by atoms with Gasteiger partial charge in [-0.2, -0.15) is 0 Å². The molecule has 0 aromatic heterocycles. The third-order valence-corrected chi connectivity index (χ3v) is 6.09. The van der Waals surface area contributed by atoms with E-state index in [1.54, 1.807) is 12.1 Å². The van der Waals surface area contributed by atoms with Gasteiger partial charge >= 0.3 is 0 Å². The highest BCUT2D eigenvalue weighted by Gasteiger charge is 2.32. The Bertz CT molecular complexity index is 1100. The second kappa shape index (κ2) is 11.1. The van der Waals surface area contributed by atoms with E-state index in [-0.39, 0.29) is 17.2 Å². The summed E-state index contributed by atoms with van der Waals surface area (Å²) in [6.07, 6.45) is 3.08. The Kier molecular flexibility index (Phi) is 8.44. The van der Waals surface area contributed by atoms with E-state index < -0.39 is 11.8 Å². The van der Waals surface area contributed by atoms with Crippen LogP contribution in [0.2, 0.25) is 0 Å². The lowest BCUT2D eigenvalue weighted by molar-refractivity contribution is -0.128. The lowest BCUT2D eigenvalue weighted by Crippen LogP contribution is -2.53. The maximum Gasteiger partial charge on any atom is 0.265 e. The molecule has 1 aliphatic heterocycles. The number of rotatable bonds is 8. The molecule has 0 radical (unpaired) electrons. The van der Waals surface area contributed by atoms with Gasteiger partial charge < -0.3 is 9.47 Å².